The van der Waals surface area contributed by atoms with E-state index in [1.165, 1.54) is 0 Å². The van der Waals surface area contributed by atoms with Crippen molar-refractivity contribution in [3.8, 4) is 0 Å². The van der Waals surface area contributed by atoms with Gasteiger partial charge in [0.05, 0.1) is 16.1 Å². The maximum Gasteiger partial charge on any atom is 0.334 e. The second kappa shape index (κ2) is 4.68. The molecular weight excluding hydrogens is 248 g/mol. The minimum absolute atomic E-state index is 0.302. The number of hydrogen-bond acceptors (Lipinski definition) is 2. The maximum atomic E-state index is 5.89. The molecule has 0 aromatic heterocycles. The lowest BCUT2D eigenvalue weighted by atomic mass is 10.9. The predicted molar refractivity (Wildman–Crippen MR) is 80.7 cm³/mol. The van der Waals surface area contributed by atoms with Crippen LogP contribution in [0.4, 0.5) is 0 Å². The second-order valence-corrected chi connectivity index (χ2v) is 23.2. The van der Waals surface area contributed by atoms with E-state index in [1.54, 1.807) is 0 Å². The topological polar surface area (TPSA) is 18.5 Å². The Kier molecular flexibility index (Phi) is 4.85. The molecule has 98 valence electrons. The quantitative estimate of drug-likeness (QED) is 0.711. The zero-order chi connectivity index (χ0) is 13.4. The van der Waals surface area contributed by atoms with E-state index in [-0.39, 0.29) is 0 Å². The Morgan fingerprint density at radius 3 is 1.00 bits per heavy atom. The SMILES string of the molecule is CO[Si](C)(OC)C(C)([Si](C)(C)C)[Si](C)(C)C. The monoisotopic (exact) mass is 278 g/mol. The Balaban J connectivity index is 5.79. The third-order valence-corrected chi connectivity index (χ3v) is 25.8. The Bertz CT molecular complexity index is 223. The van der Waals surface area contributed by atoms with E-state index in [2.05, 4.69) is 52.8 Å². The summed E-state index contributed by atoms with van der Waals surface area (Å²) in [5, 5.41) is 0. The molecule has 0 aliphatic rings. The van der Waals surface area contributed by atoms with Crippen LogP contribution in [0.2, 0.25) is 50.1 Å². The second-order valence-electron chi connectivity index (χ2n) is 6.98. The van der Waals surface area contributed by atoms with Crippen LogP contribution in [0, 0.1) is 0 Å². The Morgan fingerprint density at radius 2 is 0.938 bits per heavy atom. The molecule has 0 aromatic carbocycles. The molecule has 0 atom stereocenters. The summed E-state index contributed by atoms with van der Waals surface area (Å²) < 4.78 is 12.1. The van der Waals surface area contributed by atoms with Crippen molar-refractivity contribution in [2.75, 3.05) is 14.2 Å². The van der Waals surface area contributed by atoms with Gasteiger partial charge in [0.25, 0.3) is 0 Å². The predicted octanol–water partition coefficient (Wildman–Crippen LogP) is 3.87. The third-order valence-electron chi connectivity index (χ3n) is 4.69. The van der Waals surface area contributed by atoms with Gasteiger partial charge in [-0.2, -0.15) is 0 Å². The first-order valence-electron chi connectivity index (χ1n) is 5.97. The van der Waals surface area contributed by atoms with Gasteiger partial charge in [-0.05, 0) is 6.55 Å². The maximum absolute atomic E-state index is 5.89. The first-order chi connectivity index (χ1) is 6.87. The lowest BCUT2D eigenvalue weighted by molar-refractivity contribution is 0.240. The van der Waals surface area contributed by atoms with Gasteiger partial charge < -0.3 is 8.85 Å². The summed E-state index contributed by atoms with van der Waals surface area (Å²) in [4.78, 5) is 0. The highest BCUT2D eigenvalue weighted by molar-refractivity contribution is 7.12. The van der Waals surface area contributed by atoms with Crippen molar-refractivity contribution < 1.29 is 8.85 Å². The number of hydrogen-bond donors (Lipinski definition) is 0. The molecule has 0 rings (SSSR count). The average molecular weight is 279 g/mol. The Morgan fingerprint density at radius 1 is 0.688 bits per heavy atom. The van der Waals surface area contributed by atoms with Crippen LogP contribution in [-0.2, 0) is 8.85 Å². The average Bonchev–Trinajstić information content (AvgIpc) is 2.11. The summed E-state index contributed by atoms with van der Waals surface area (Å²) in [7, 11) is -1.14. The highest BCUT2D eigenvalue weighted by Gasteiger charge is 2.63. The Hall–Kier alpha value is 0.571. The van der Waals surface area contributed by atoms with Crippen LogP contribution >= 0.6 is 0 Å². The van der Waals surface area contributed by atoms with Crippen LogP contribution in [0.3, 0.4) is 0 Å². The summed E-state index contributed by atoms with van der Waals surface area (Å²) in [6.45, 7) is 19.4. The van der Waals surface area contributed by atoms with Crippen molar-refractivity contribution in [3.05, 3.63) is 0 Å². The molecule has 0 aliphatic heterocycles. The van der Waals surface area contributed by atoms with Crippen LogP contribution in [0.25, 0.3) is 0 Å². The molecule has 0 heterocycles. The van der Waals surface area contributed by atoms with Crippen LogP contribution in [0.5, 0.6) is 0 Å². The highest BCUT2D eigenvalue weighted by Crippen LogP contribution is 2.53. The molecule has 0 radical (unpaired) electrons. The molecular formula is C11H30O2Si3. The molecule has 0 saturated heterocycles. The van der Waals surface area contributed by atoms with E-state index >= 15 is 0 Å². The largest absolute Gasteiger partial charge is 0.398 e. The fourth-order valence-electron chi connectivity index (χ4n) is 2.98. The summed E-state index contributed by atoms with van der Waals surface area (Å²) in [5.41, 5.74) is 0. The zero-order valence-corrected chi connectivity index (χ0v) is 15.8. The smallest absolute Gasteiger partial charge is 0.334 e. The third kappa shape index (κ3) is 2.38. The molecule has 2 nitrogen and oxygen atoms in total. The van der Waals surface area contributed by atoms with Crippen LogP contribution in [0.15, 0.2) is 0 Å². The first-order valence-corrected chi connectivity index (χ1v) is 15.3. The van der Waals surface area contributed by atoms with Gasteiger partial charge >= 0.3 is 8.56 Å². The van der Waals surface area contributed by atoms with Crippen LogP contribution in [-0.4, -0.2) is 38.9 Å². The zero-order valence-electron chi connectivity index (χ0n) is 12.8. The van der Waals surface area contributed by atoms with E-state index in [0.717, 1.165) is 0 Å². The summed E-state index contributed by atoms with van der Waals surface area (Å²) in [5.74, 6) is 0. The van der Waals surface area contributed by atoms with E-state index in [1.807, 2.05) is 14.2 Å². The van der Waals surface area contributed by atoms with Crippen molar-refractivity contribution in [1.29, 1.82) is 0 Å². The van der Waals surface area contributed by atoms with E-state index in [9.17, 15) is 0 Å². The normalized spacial score (nSPS) is 15.4. The lowest BCUT2D eigenvalue weighted by Crippen LogP contribution is -2.68. The first kappa shape index (κ1) is 16.6. The molecule has 0 aromatic rings. The standard InChI is InChI=1S/C11H30O2Si3/c1-11(14(4,5)6,15(7,8)9)16(10,12-2)13-3/h1-10H3. The van der Waals surface area contributed by atoms with Crippen molar-refractivity contribution >= 4 is 24.7 Å². The fraction of sp³-hybridized carbons (Fsp3) is 1.00. The molecule has 0 saturated carbocycles. The minimum atomic E-state index is -2.10. The van der Waals surface area contributed by atoms with Crippen molar-refractivity contribution in [3.63, 3.8) is 0 Å². The van der Waals surface area contributed by atoms with Gasteiger partial charge in [0.2, 0.25) is 0 Å². The van der Waals surface area contributed by atoms with Crippen molar-refractivity contribution in [2.24, 2.45) is 0 Å². The molecule has 5 heteroatoms. The van der Waals surface area contributed by atoms with E-state index in [0.29, 0.717) is 4.28 Å². The van der Waals surface area contributed by atoms with E-state index < -0.39 is 24.7 Å². The number of rotatable bonds is 5. The van der Waals surface area contributed by atoms with Crippen molar-refractivity contribution in [2.45, 2.75) is 57.0 Å². The molecule has 0 aliphatic carbocycles. The fourth-order valence-corrected chi connectivity index (χ4v) is 25.1. The van der Waals surface area contributed by atoms with Crippen molar-refractivity contribution in [1.82, 2.24) is 0 Å². The molecule has 0 unspecified atom stereocenters. The lowest BCUT2D eigenvalue weighted by Gasteiger charge is -2.56. The van der Waals surface area contributed by atoms with Gasteiger partial charge in [-0.15, -0.1) is 0 Å². The van der Waals surface area contributed by atoms with Gasteiger partial charge in [-0.1, -0.05) is 46.2 Å². The highest BCUT2D eigenvalue weighted by atomic mass is 28.5. The summed E-state index contributed by atoms with van der Waals surface area (Å²) >= 11 is 0. The molecule has 0 spiro atoms. The van der Waals surface area contributed by atoms with Gasteiger partial charge in [-0.25, -0.2) is 0 Å². The minimum Gasteiger partial charge on any atom is -0.398 e. The van der Waals surface area contributed by atoms with Gasteiger partial charge in [0.15, 0.2) is 0 Å². The van der Waals surface area contributed by atoms with Gasteiger partial charge in [0, 0.05) is 18.5 Å². The molecule has 0 fully saturated rings. The van der Waals surface area contributed by atoms with E-state index in [4.69, 9.17) is 8.85 Å². The molecule has 16 heavy (non-hydrogen) atoms. The van der Waals surface area contributed by atoms with Crippen LogP contribution in [0.1, 0.15) is 6.92 Å². The molecule has 0 amide bonds. The van der Waals surface area contributed by atoms with Crippen LogP contribution < -0.4 is 0 Å². The molecule has 0 N–H and O–H groups in total. The van der Waals surface area contributed by atoms with Gasteiger partial charge in [0.1, 0.15) is 0 Å². The summed E-state index contributed by atoms with van der Waals surface area (Å²) in [6, 6.07) is 0. The molecule has 0 bridgehead atoms. The Labute approximate surface area is 105 Å². The summed E-state index contributed by atoms with van der Waals surface area (Å²) in [6.07, 6.45) is 0. The van der Waals surface area contributed by atoms with Gasteiger partial charge in [-0.3, -0.25) is 0 Å².